The number of nitrogens with two attached hydrogens (primary N) is 2. The lowest BCUT2D eigenvalue weighted by atomic mass is 10.2. The smallest absolute Gasteiger partial charge is 0.351 e. The van der Waals surface area contributed by atoms with E-state index in [1.165, 1.54) is 16.8 Å². The largest absolute Gasteiger partial charge is 0.390 e. The topological polar surface area (TPSA) is 126 Å². The maximum absolute atomic E-state index is 11.7. The molecule has 21 heavy (non-hydrogen) atoms. The summed E-state index contributed by atoms with van der Waals surface area (Å²) in [7, 11) is 0. The quantitative estimate of drug-likeness (QED) is 0.564. The lowest BCUT2D eigenvalue weighted by molar-refractivity contribution is -0.0637. The standard InChI is InChI=1S/C13H22N4O4/c14-4-1-2-6-20-8-10-9(18)7-12(21-10)17-5-3-11(15)16-13(17)19/h3,5,9-10,12,18H,1-2,4,6-8,14H2,(H2,15,16,19)/t9-,10+,12+/m0/s1. The Morgan fingerprint density at radius 1 is 1.52 bits per heavy atom. The molecule has 1 aromatic rings. The minimum Gasteiger partial charge on any atom is -0.390 e. The van der Waals surface area contributed by atoms with Gasteiger partial charge >= 0.3 is 5.69 Å². The Morgan fingerprint density at radius 2 is 2.33 bits per heavy atom. The summed E-state index contributed by atoms with van der Waals surface area (Å²) in [5, 5.41) is 9.98. The number of hydrogen-bond acceptors (Lipinski definition) is 7. The minimum atomic E-state index is -0.672. The van der Waals surface area contributed by atoms with Crippen LogP contribution in [-0.4, -0.2) is 46.6 Å². The van der Waals surface area contributed by atoms with E-state index in [0.717, 1.165) is 12.8 Å². The van der Waals surface area contributed by atoms with Crippen molar-refractivity contribution in [2.45, 2.75) is 37.7 Å². The third kappa shape index (κ3) is 4.24. The van der Waals surface area contributed by atoms with Gasteiger partial charge in [-0.05, 0) is 25.5 Å². The molecule has 0 amide bonds. The Bertz CT molecular complexity index is 507. The molecule has 0 saturated carbocycles. The normalized spacial score (nSPS) is 25.3. The number of aliphatic hydroxyl groups excluding tert-OH is 1. The highest BCUT2D eigenvalue weighted by Crippen LogP contribution is 2.27. The predicted molar refractivity (Wildman–Crippen MR) is 76.6 cm³/mol. The molecule has 1 aliphatic heterocycles. The summed E-state index contributed by atoms with van der Waals surface area (Å²) < 4.78 is 12.5. The second kappa shape index (κ2) is 7.51. The molecule has 1 aliphatic rings. The molecule has 5 N–H and O–H groups in total. The third-order valence-corrected chi connectivity index (χ3v) is 3.39. The van der Waals surface area contributed by atoms with Crippen molar-refractivity contribution in [1.82, 2.24) is 9.55 Å². The number of rotatable bonds is 7. The number of nitrogen functional groups attached to an aromatic ring is 1. The maximum Gasteiger partial charge on any atom is 0.351 e. The van der Waals surface area contributed by atoms with Crippen LogP contribution in [-0.2, 0) is 9.47 Å². The number of nitrogens with zero attached hydrogens (tertiary/aromatic N) is 2. The number of hydrogen-bond donors (Lipinski definition) is 3. The van der Waals surface area contributed by atoms with Crippen LogP contribution in [0.25, 0.3) is 0 Å². The molecule has 0 aromatic carbocycles. The van der Waals surface area contributed by atoms with E-state index in [1.54, 1.807) is 0 Å². The van der Waals surface area contributed by atoms with Crippen LogP contribution in [0.5, 0.6) is 0 Å². The predicted octanol–water partition coefficient (Wildman–Crippen LogP) is -0.771. The van der Waals surface area contributed by atoms with E-state index in [2.05, 4.69) is 4.98 Å². The van der Waals surface area contributed by atoms with Gasteiger partial charge in [0.2, 0.25) is 0 Å². The van der Waals surface area contributed by atoms with Gasteiger partial charge in [0.15, 0.2) is 0 Å². The van der Waals surface area contributed by atoms with Crippen LogP contribution < -0.4 is 17.2 Å². The first-order valence-corrected chi connectivity index (χ1v) is 7.08. The van der Waals surface area contributed by atoms with Gasteiger partial charge in [-0.25, -0.2) is 4.79 Å². The van der Waals surface area contributed by atoms with Gasteiger partial charge in [-0.15, -0.1) is 0 Å². The lowest BCUT2D eigenvalue weighted by Gasteiger charge is -2.16. The summed E-state index contributed by atoms with van der Waals surface area (Å²) >= 11 is 0. The van der Waals surface area contributed by atoms with Gasteiger partial charge in [0.05, 0.1) is 12.7 Å². The van der Waals surface area contributed by atoms with Crippen molar-refractivity contribution in [3.8, 4) is 0 Å². The monoisotopic (exact) mass is 298 g/mol. The first-order valence-electron chi connectivity index (χ1n) is 7.08. The van der Waals surface area contributed by atoms with Crippen molar-refractivity contribution in [2.24, 2.45) is 5.73 Å². The van der Waals surface area contributed by atoms with Gasteiger partial charge < -0.3 is 26.0 Å². The highest BCUT2D eigenvalue weighted by atomic mass is 16.6. The Hall–Kier alpha value is -1.48. The Balaban J connectivity index is 1.87. The van der Waals surface area contributed by atoms with Crippen molar-refractivity contribution < 1.29 is 14.6 Å². The fraction of sp³-hybridized carbons (Fsp3) is 0.692. The van der Waals surface area contributed by atoms with Crippen molar-refractivity contribution in [3.05, 3.63) is 22.7 Å². The molecule has 0 spiro atoms. The molecular formula is C13H22N4O4. The van der Waals surface area contributed by atoms with Crippen LogP contribution in [0.1, 0.15) is 25.5 Å². The van der Waals surface area contributed by atoms with Crippen molar-refractivity contribution in [1.29, 1.82) is 0 Å². The number of aromatic nitrogens is 2. The molecule has 2 heterocycles. The van der Waals surface area contributed by atoms with Gasteiger partial charge in [-0.3, -0.25) is 4.57 Å². The molecule has 3 atom stereocenters. The lowest BCUT2D eigenvalue weighted by Crippen LogP contribution is -2.28. The number of anilines is 1. The number of aliphatic hydroxyl groups is 1. The molecule has 0 bridgehead atoms. The zero-order valence-corrected chi connectivity index (χ0v) is 11.9. The molecule has 0 aliphatic carbocycles. The highest BCUT2D eigenvalue weighted by molar-refractivity contribution is 5.23. The van der Waals surface area contributed by atoms with E-state index < -0.39 is 24.1 Å². The zero-order chi connectivity index (χ0) is 15.2. The Kier molecular flexibility index (Phi) is 5.68. The van der Waals surface area contributed by atoms with Crippen LogP contribution in [0.2, 0.25) is 0 Å². The SMILES string of the molecule is NCCCCOC[C@H]1O[C@@H](n2ccc(N)nc2=O)C[C@@H]1O. The third-order valence-electron chi connectivity index (χ3n) is 3.39. The molecule has 118 valence electrons. The summed E-state index contributed by atoms with van der Waals surface area (Å²) in [5.41, 5.74) is 10.3. The summed E-state index contributed by atoms with van der Waals surface area (Å²) in [6.45, 7) is 1.51. The molecule has 0 radical (unpaired) electrons. The van der Waals surface area contributed by atoms with Gasteiger partial charge in [0, 0.05) is 19.2 Å². The van der Waals surface area contributed by atoms with E-state index in [9.17, 15) is 9.90 Å². The fourth-order valence-corrected chi connectivity index (χ4v) is 2.23. The van der Waals surface area contributed by atoms with E-state index in [0.29, 0.717) is 26.2 Å². The summed E-state index contributed by atoms with van der Waals surface area (Å²) in [4.78, 5) is 15.4. The molecule has 8 heteroatoms. The molecule has 8 nitrogen and oxygen atoms in total. The van der Waals surface area contributed by atoms with E-state index in [1.807, 2.05) is 0 Å². The summed E-state index contributed by atoms with van der Waals surface area (Å²) in [6, 6.07) is 1.52. The zero-order valence-electron chi connectivity index (χ0n) is 11.9. The molecule has 0 unspecified atom stereocenters. The molecule has 1 aromatic heterocycles. The Labute approximate surface area is 122 Å². The average Bonchev–Trinajstić information content (AvgIpc) is 2.80. The van der Waals surface area contributed by atoms with Gasteiger partial charge in [-0.2, -0.15) is 4.98 Å². The number of ether oxygens (including phenoxy) is 2. The fourth-order valence-electron chi connectivity index (χ4n) is 2.23. The molecular weight excluding hydrogens is 276 g/mol. The molecule has 2 rings (SSSR count). The Morgan fingerprint density at radius 3 is 3.05 bits per heavy atom. The van der Waals surface area contributed by atoms with Crippen molar-refractivity contribution in [2.75, 3.05) is 25.5 Å². The highest BCUT2D eigenvalue weighted by Gasteiger charge is 2.35. The first kappa shape index (κ1) is 15.9. The second-order valence-electron chi connectivity index (χ2n) is 5.05. The van der Waals surface area contributed by atoms with Crippen molar-refractivity contribution in [3.63, 3.8) is 0 Å². The van der Waals surface area contributed by atoms with Crippen LogP contribution in [0.4, 0.5) is 5.82 Å². The van der Waals surface area contributed by atoms with E-state index in [-0.39, 0.29) is 5.82 Å². The minimum absolute atomic E-state index is 0.162. The van der Waals surface area contributed by atoms with E-state index >= 15 is 0 Å². The van der Waals surface area contributed by atoms with Gasteiger partial charge in [0.1, 0.15) is 18.1 Å². The van der Waals surface area contributed by atoms with Crippen LogP contribution >= 0.6 is 0 Å². The number of unbranched alkanes of at least 4 members (excludes halogenated alkanes) is 1. The average molecular weight is 298 g/mol. The van der Waals surface area contributed by atoms with Crippen LogP contribution in [0, 0.1) is 0 Å². The first-order chi connectivity index (χ1) is 10.1. The second-order valence-corrected chi connectivity index (χ2v) is 5.05. The molecule has 1 saturated heterocycles. The summed E-state index contributed by atoms with van der Waals surface area (Å²) in [5.74, 6) is 0.162. The molecule has 1 fully saturated rings. The maximum atomic E-state index is 11.7. The van der Waals surface area contributed by atoms with Crippen molar-refractivity contribution >= 4 is 5.82 Å². The van der Waals surface area contributed by atoms with Crippen LogP contribution in [0.15, 0.2) is 17.1 Å². The van der Waals surface area contributed by atoms with E-state index in [4.69, 9.17) is 20.9 Å². The van der Waals surface area contributed by atoms with Crippen LogP contribution in [0.3, 0.4) is 0 Å². The van der Waals surface area contributed by atoms with Gasteiger partial charge in [-0.1, -0.05) is 0 Å². The summed E-state index contributed by atoms with van der Waals surface area (Å²) in [6.07, 6.45) is 1.96. The van der Waals surface area contributed by atoms with Gasteiger partial charge in [0.25, 0.3) is 0 Å².